The molecule has 15 heavy (non-hydrogen) atoms. The van der Waals surface area contributed by atoms with E-state index in [1.165, 1.54) is 12.2 Å². The molecule has 3 nitrogen and oxygen atoms in total. The molecule has 2 aromatic rings. The summed E-state index contributed by atoms with van der Waals surface area (Å²) in [6.45, 7) is 0. The van der Waals surface area contributed by atoms with E-state index in [1.54, 1.807) is 0 Å². The molecule has 5 heteroatoms. The lowest BCUT2D eigenvalue weighted by Gasteiger charge is -1.99. The lowest BCUT2D eigenvalue weighted by Crippen LogP contribution is -1.99. The highest BCUT2D eigenvalue weighted by molar-refractivity contribution is 9.10. The van der Waals surface area contributed by atoms with Gasteiger partial charge >= 0.3 is 0 Å². The number of aromatic nitrogens is 3. The monoisotopic (exact) mass is 283 g/mol. The Bertz CT molecular complexity index is 490. The molecule has 1 aliphatic heterocycles. The molecule has 0 radical (unpaired) electrons. The van der Waals surface area contributed by atoms with Crippen LogP contribution in [0.1, 0.15) is 18.2 Å². The van der Waals surface area contributed by atoms with Crippen molar-refractivity contribution in [3.05, 3.63) is 28.6 Å². The molecule has 1 atom stereocenters. The van der Waals surface area contributed by atoms with Gasteiger partial charge in [0.05, 0.1) is 0 Å². The Hall–Kier alpha value is -0.550. The molecule has 0 spiro atoms. The van der Waals surface area contributed by atoms with E-state index in [2.05, 4.69) is 26.0 Å². The summed E-state index contributed by atoms with van der Waals surface area (Å²) in [6, 6.07) is 3.99. The van der Waals surface area contributed by atoms with Crippen LogP contribution in [0.4, 0.5) is 0 Å². The number of halogens is 1. The first-order valence-corrected chi connectivity index (χ1v) is 6.87. The van der Waals surface area contributed by atoms with Gasteiger partial charge in [0.2, 0.25) is 0 Å². The van der Waals surface area contributed by atoms with E-state index in [-0.39, 0.29) is 0 Å². The fraction of sp³-hybridized carbons (Fsp3) is 0.400. The molecule has 1 saturated heterocycles. The first kappa shape index (κ1) is 9.66. The second-order valence-electron chi connectivity index (χ2n) is 3.68. The van der Waals surface area contributed by atoms with Crippen molar-refractivity contribution in [1.29, 1.82) is 0 Å². The van der Waals surface area contributed by atoms with Gasteiger partial charge in [0, 0.05) is 22.3 Å². The predicted octanol–water partition coefficient (Wildman–Crippen LogP) is 2.71. The molecule has 0 aromatic carbocycles. The maximum Gasteiger partial charge on any atom is 0.155 e. The molecule has 1 fully saturated rings. The third-order valence-electron chi connectivity index (χ3n) is 2.61. The second-order valence-corrected chi connectivity index (χ2v) is 5.75. The number of thioether (sulfide) groups is 1. The van der Waals surface area contributed by atoms with Crippen molar-refractivity contribution in [3.63, 3.8) is 0 Å². The minimum absolute atomic E-state index is 0.550. The Morgan fingerprint density at radius 1 is 1.47 bits per heavy atom. The third-order valence-corrected chi connectivity index (χ3v) is 4.24. The molecule has 78 valence electrons. The first-order chi connectivity index (χ1) is 7.33. The highest BCUT2D eigenvalue weighted by atomic mass is 79.9. The van der Waals surface area contributed by atoms with Gasteiger partial charge in [-0.2, -0.15) is 16.9 Å². The van der Waals surface area contributed by atoms with Crippen LogP contribution in [0, 0.1) is 0 Å². The third kappa shape index (κ3) is 1.78. The highest BCUT2D eigenvalue weighted by Gasteiger charge is 2.21. The number of nitrogens with zero attached hydrogens (tertiary/aromatic N) is 3. The van der Waals surface area contributed by atoms with Crippen LogP contribution in [0.15, 0.2) is 22.8 Å². The molecular weight excluding hydrogens is 274 g/mol. The van der Waals surface area contributed by atoms with Gasteiger partial charge in [-0.3, -0.25) is 0 Å². The van der Waals surface area contributed by atoms with Crippen molar-refractivity contribution in [2.75, 3.05) is 11.5 Å². The van der Waals surface area contributed by atoms with Crippen LogP contribution in [0.2, 0.25) is 0 Å². The summed E-state index contributed by atoms with van der Waals surface area (Å²) in [6.07, 6.45) is 3.16. The number of fused-ring (bicyclic) bond motifs is 1. The summed E-state index contributed by atoms with van der Waals surface area (Å²) in [4.78, 5) is 4.55. The number of pyridine rings is 1. The van der Waals surface area contributed by atoms with Gasteiger partial charge in [-0.1, -0.05) is 0 Å². The zero-order valence-corrected chi connectivity index (χ0v) is 10.5. The van der Waals surface area contributed by atoms with Crippen LogP contribution < -0.4 is 0 Å². The lowest BCUT2D eigenvalue weighted by molar-refractivity contribution is 0.712. The lowest BCUT2D eigenvalue weighted by atomic mass is 10.1. The molecule has 0 amide bonds. The second kappa shape index (κ2) is 3.79. The molecule has 2 aromatic heterocycles. The minimum atomic E-state index is 0.550. The van der Waals surface area contributed by atoms with E-state index in [0.717, 1.165) is 21.7 Å². The Morgan fingerprint density at radius 3 is 3.20 bits per heavy atom. The average Bonchev–Trinajstić information content (AvgIpc) is 2.84. The molecule has 1 unspecified atom stereocenters. The highest BCUT2D eigenvalue weighted by Crippen LogP contribution is 2.30. The number of rotatable bonds is 1. The van der Waals surface area contributed by atoms with Gasteiger partial charge in [0.25, 0.3) is 0 Å². The van der Waals surface area contributed by atoms with E-state index in [0.29, 0.717) is 5.92 Å². The van der Waals surface area contributed by atoms with Gasteiger partial charge in [-0.15, -0.1) is 0 Å². The fourth-order valence-electron chi connectivity index (χ4n) is 1.79. The smallest absolute Gasteiger partial charge is 0.155 e. The molecule has 0 N–H and O–H groups in total. The van der Waals surface area contributed by atoms with Crippen LogP contribution in [-0.4, -0.2) is 26.1 Å². The molecule has 1 aliphatic rings. The fourth-order valence-corrected chi connectivity index (χ4v) is 3.33. The van der Waals surface area contributed by atoms with Crippen LogP contribution in [0.3, 0.4) is 0 Å². The first-order valence-electron chi connectivity index (χ1n) is 4.92. The Kier molecular flexibility index (Phi) is 2.44. The van der Waals surface area contributed by atoms with Crippen molar-refractivity contribution >= 4 is 33.3 Å². The summed E-state index contributed by atoms with van der Waals surface area (Å²) in [5.74, 6) is 3.95. The molecule has 3 rings (SSSR count). The van der Waals surface area contributed by atoms with Crippen molar-refractivity contribution < 1.29 is 0 Å². The largest absolute Gasteiger partial charge is 0.220 e. The SMILES string of the molecule is Brc1ccc2nc(C3CCSC3)nn2c1. The maximum absolute atomic E-state index is 4.55. The van der Waals surface area contributed by atoms with Crippen molar-refractivity contribution in [1.82, 2.24) is 14.6 Å². The molecule has 0 bridgehead atoms. The summed E-state index contributed by atoms with van der Waals surface area (Å²) in [7, 11) is 0. The van der Waals surface area contributed by atoms with Crippen LogP contribution in [0.5, 0.6) is 0 Å². The van der Waals surface area contributed by atoms with E-state index >= 15 is 0 Å². The topological polar surface area (TPSA) is 30.2 Å². The summed E-state index contributed by atoms with van der Waals surface area (Å²) in [5, 5.41) is 4.52. The Balaban J connectivity index is 2.05. The van der Waals surface area contributed by atoms with E-state index < -0.39 is 0 Å². The van der Waals surface area contributed by atoms with Gasteiger partial charge in [0.1, 0.15) is 0 Å². The van der Waals surface area contributed by atoms with Gasteiger partial charge in [-0.05, 0) is 40.2 Å². The normalized spacial score (nSPS) is 21.3. The predicted molar refractivity (Wildman–Crippen MR) is 65.4 cm³/mol. The molecule has 0 saturated carbocycles. The maximum atomic E-state index is 4.55. The zero-order valence-electron chi connectivity index (χ0n) is 8.06. The summed E-state index contributed by atoms with van der Waals surface area (Å²) in [5.41, 5.74) is 0.935. The van der Waals surface area contributed by atoms with Crippen LogP contribution >= 0.6 is 27.7 Å². The number of hydrogen-bond donors (Lipinski definition) is 0. The van der Waals surface area contributed by atoms with Gasteiger partial charge < -0.3 is 0 Å². The molecule has 0 aliphatic carbocycles. The quantitative estimate of drug-likeness (QED) is 0.806. The Morgan fingerprint density at radius 2 is 2.40 bits per heavy atom. The van der Waals surface area contributed by atoms with Gasteiger partial charge in [0.15, 0.2) is 11.5 Å². The van der Waals surface area contributed by atoms with E-state index in [1.807, 2.05) is 34.6 Å². The van der Waals surface area contributed by atoms with Gasteiger partial charge in [-0.25, -0.2) is 9.50 Å². The Labute approximate surface area is 100 Å². The summed E-state index contributed by atoms with van der Waals surface area (Å²) >= 11 is 5.42. The van der Waals surface area contributed by atoms with Crippen molar-refractivity contribution in [2.24, 2.45) is 0 Å². The zero-order chi connectivity index (χ0) is 10.3. The van der Waals surface area contributed by atoms with Crippen molar-refractivity contribution in [2.45, 2.75) is 12.3 Å². The van der Waals surface area contributed by atoms with E-state index in [4.69, 9.17) is 0 Å². The van der Waals surface area contributed by atoms with Crippen molar-refractivity contribution in [3.8, 4) is 0 Å². The number of hydrogen-bond acceptors (Lipinski definition) is 3. The van der Waals surface area contributed by atoms with Crippen LogP contribution in [0.25, 0.3) is 5.65 Å². The molecule has 3 heterocycles. The van der Waals surface area contributed by atoms with Crippen LogP contribution in [-0.2, 0) is 0 Å². The minimum Gasteiger partial charge on any atom is -0.220 e. The standard InChI is InChI=1S/C10H10BrN3S/c11-8-1-2-9-12-10(13-14(9)5-8)7-3-4-15-6-7/h1-2,5,7H,3-4,6H2. The van der Waals surface area contributed by atoms with E-state index in [9.17, 15) is 0 Å². The average molecular weight is 284 g/mol. The summed E-state index contributed by atoms with van der Waals surface area (Å²) < 4.78 is 2.88. The molecular formula is C10H10BrN3S.